The molecule has 2 aliphatic carbocycles. The fourth-order valence-electron chi connectivity index (χ4n) is 17.7. The first kappa shape index (κ1) is 75.3. The lowest BCUT2D eigenvalue weighted by Crippen LogP contribution is -2.41. The highest BCUT2D eigenvalue weighted by Gasteiger charge is 2.53. The van der Waals surface area contributed by atoms with Crippen LogP contribution in [0.25, 0.3) is 122 Å². The molecule has 2 aliphatic heterocycles. The minimum Gasteiger partial charge on any atom is -0.399 e. The number of para-hydroxylation sites is 3. The zero-order valence-corrected chi connectivity index (χ0v) is 67.5. The summed E-state index contributed by atoms with van der Waals surface area (Å²) in [6.07, 6.45) is 12.0. The summed E-state index contributed by atoms with van der Waals surface area (Å²) in [7, 11) is -0.656. The van der Waals surface area contributed by atoms with Gasteiger partial charge in [0.2, 0.25) is 5.28 Å². The van der Waals surface area contributed by atoms with E-state index in [1.807, 2.05) is 36.4 Å². The Bertz CT molecular complexity index is 5980. The fraction of sp³-hybridized carbons (Fsp3) is 0.235. The molecule has 5 heterocycles. The molecule has 0 atom stereocenters. The number of fused-ring (bicyclic) bond motifs is 6. The molecule has 4 fully saturated rings. The van der Waals surface area contributed by atoms with Crippen molar-refractivity contribution < 1.29 is 18.6 Å². The van der Waals surface area contributed by atoms with Crippen molar-refractivity contribution in [2.24, 2.45) is 0 Å². The van der Waals surface area contributed by atoms with Crippen LogP contribution in [0.5, 0.6) is 0 Å². The maximum atomic E-state index is 6.29. The van der Waals surface area contributed by atoms with Crippen LogP contribution >= 0.6 is 11.6 Å². The molecule has 0 bridgehead atoms. The summed E-state index contributed by atoms with van der Waals surface area (Å²) in [5, 5.41) is 10.7. The molecule has 115 heavy (non-hydrogen) atoms. The molecule has 2 saturated carbocycles. The minimum atomic E-state index is -0.333. The van der Waals surface area contributed by atoms with Crippen LogP contribution in [0.4, 0.5) is 0 Å². The standard InChI is InChI=1S/C54H40N4.C30H42B2O4.C18H11ClN2/c1-10-32-54(33-11-1,44-28-24-38(25-29-44)52-55-48-18-8-6-16-46(48)50(57-52)42-22-20-36-12-2-4-14-40(36)34-42)45-30-26-39(27-31-45)53-56-49-19-9-7-17-47(49)51(58-53)43-23-21-37-13-3-5-15-41(37)35-43;1-26(2)27(3,4)34-31(33-26)24-16-12-22(13-17-24)30(20-10-9-11-21-30)23-14-18-25(19-15-23)32-35-28(5,6)29(7,8)36-32;19-18-20-16-8-4-3-7-15(16)17(21-18)14-10-9-12-5-1-2-6-13(12)11-14/h2-9,12-31,34-35H,1,10-11,32-33H2;12-19H,9-11,20-21H2,1-8H3;1-11H. The summed E-state index contributed by atoms with van der Waals surface area (Å²) in [6.45, 7) is 16.8. The predicted octanol–water partition coefficient (Wildman–Crippen LogP) is 24.4. The molecular weight excluding hydrogens is 1430 g/mol. The van der Waals surface area contributed by atoms with Crippen molar-refractivity contribution in [2.45, 2.75) is 153 Å². The highest BCUT2D eigenvalue weighted by molar-refractivity contribution is 6.62. The van der Waals surface area contributed by atoms with E-state index in [2.05, 4.69) is 326 Å². The average molecular weight is 1520 g/mol. The molecule has 16 aromatic rings. The first-order valence-corrected chi connectivity index (χ1v) is 41.2. The van der Waals surface area contributed by atoms with Crippen LogP contribution in [0.3, 0.4) is 0 Å². The normalized spacial score (nSPS) is 17.2. The highest BCUT2D eigenvalue weighted by Crippen LogP contribution is 2.49. The lowest BCUT2D eigenvalue weighted by molar-refractivity contribution is 0.00578. The zero-order valence-electron chi connectivity index (χ0n) is 66.7. The minimum absolute atomic E-state index is 0.0289. The van der Waals surface area contributed by atoms with Gasteiger partial charge in [-0.1, -0.05) is 299 Å². The second kappa shape index (κ2) is 30.6. The fourth-order valence-corrected chi connectivity index (χ4v) is 17.9. The number of hydrogen-bond acceptors (Lipinski definition) is 10. The van der Waals surface area contributed by atoms with Crippen LogP contribution in [0.15, 0.2) is 297 Å². The molecule has 568 valence electrons. The number of aromatic nitrogens is 6. The third kappa shape index (κ3) is 14.6. The van der Waals surface area contributed by atoms with Gasteiger partial charge in [0.15, 0.2) is 11.6 Å². The third-order valence-corrected chi connectivity index (χ3v) is 25.8. The van der Waals surface area contributed by atoms with Gasteiger partial charge in [-0.05, 0) is 195 Å². The van der Waals surface area contributed by atoms with Crippen molar-refractivity contribution in [1.29, 1.82) is 0 Å². The van der Waals surface area contributed by atoms with Crippen LogP contribution < -0.4 is 10.9 Å². The summed E-state index contributed by atoms with van der Waals surface area (Å²) in [5.41, 5.74) is 17.1. The summed E-state index contributed by atoms with van der Waals surface area (Å²) >= 11 is 6.07. The first-order valence-electron chi connectivity index (χ1n) is 40.8. The molecule has 13 heteroatoms. The Morgan fingerprint density at radius 1 is 0.261 bits per heavy atom. The van der Waals surface area contributed by atoms with Crippen LogP contribution in [0.2, 0.25) is 5.28 Å². The molecule has 0 N–H and O–H groups in total. The largest absolute Gasteiger partial charge is 0.494 e. The average Bonchev–Trinajstić information content (AvgIpc) is 1.63. The van der Waals surface area contributed by atoms with E-state index in [1.54, 1.807) is 0 Å². The summed E-state index contributed by atoms with van der Waals surface area (Å²) in [6, 6.07) is 106. The molecule has 0 amide bonds. The molecule has 4 aliphatic rings. The number of nitrogens with zero attached hydrogens (tertiary/aromatic N) is 6. The Morgan fingerprint density at radius 2 is 0.530 bits per heavy atom. The molecule has 0 unspecified atom stereocenters. The lowest BCUT2D eigenvalue weighted by Gasteiger charge is -2.39. The van der Waals surface area contributed by atoms with E-state index >= 15 is 0 Å². The van der Waals surface area contributed by atoms with Gasteiger partial charge in [0, 0.05) is 54.8 Å². The van der Waals surface area contributed by atoms with Crippen LogP contribution in [-0.2, 0) is 29.4 Å². The highest BCUT2D eigenvalue weighted by atomic mass is 35.5. The monoisotopic (exact) mass is 1520 g/mol. The Kier molecular flexibility index (Phi) is 20.0. The maximum absolute atomic E-state index is 6.29. The van der Waals surface area contributed by atoms with E-state index in [0.29, 0.717) is 0 Å². The summed E-state index contributed by atoms with van der Waals surface area (Å²) < 4.78 is 25.2. The maximum Gasteiger partial charge on any atom is 0.494 e. The van der Waals surface area contributed by atoms with Gasteiger partial charge in [0.1, 0.15) is 0 Å². The summed E-state index contributed by atoms with van der Waals surface area (Å²) in [4.78, 5) is 29.4. The third-order valence-electron chi connectivity index (χ3n) is 25.6. The Morgan fingerprint density at radius 3 is 0.861 bits per heavy atom. The van der Waals surface area contributed by atoms with E-state index in [9.17, 15) is 0 Å². The van der Waals surface area contributed by atoms with Crippen LogP contribution in [0, 0.1) is 0 Å². The van der Waals surface area contributed by atoms with E-state index < -0.39 is 0 Å². The van der Waals surface area contributed by atoms with Gasteiger partial charge in [-0.3, -0.25) is 0 Å². The van der Waals surface area contributed by atoms with Crippen molar-refractivity contribution in [1.82, 2.24) is 29.9 Å². The molecule has 3 aromatic heterocycles. The SMILES string of the molecule is CC1(C)OB(c2ccc(C3(c4ccc(B5OC(C)(C)C(C)(C)O5)cc4)CCCCC3)cc2)OC1(C)C.Clc1nc(-c2ccc3ccccc3c2)c2ccccc2n1.c1ccc2cc(-c3nc(-c4ccc(C5(c6ccc(-c7nc(-c8ccc9ccccc9c8)c8ccccc8n7)cc6)CCCCC5)cc4)nc4ccccc34)ccc2c1. The van der Waals surface area contributed by atoms with Gasteiger partial charge in [0.05, 0.1) is 56.0 Å². The number of rotatable bonds is 11. The predicted molar refractivity (Wildman–Crippen MR) is 475 cm³/mol. The molecule has 2 saturated heterocycles. The van der Waals surface area contributed by atoms with Crippen molar-refractivity contribution in [3.8, 4) is 56.5 Å². The molecule has 20 rings (SSSR count). The van der Waals surface area contributed by atoms with E-state index in [0.717, 1.165) is 113 Å². The van der Waals surface area contributed by atoms with E-state index in [4.69, 9.17) is 50.2 Å². The lowest BCUT2D eigenvalue weighted by atomic mass is 9.64. The summed E-state index contributed by atoms with van der Waals surface area (Å²) in [5.74, 6) is 1.49. The van der Waals surface area contributed by atoms with Gasteiger partial charge < -0.3 is 18.6 Å². The van der Waals surface area contributed by atoms with Crippen molar-refractivity contribution in [3.05, 3.63) is 325 Å². The van der Waals surface area contributed by atoms with E-state index in [-0.39, 0.29) is 52.8 Å². The Balaban J connectivity index is 0.000000136. The molecule has 0 spiro atoms. The number of hydrogen-bond donors (Lipinski definition) is 0. The van der Waals surface area contributed by atoms with Gasteiger partial charge >= 0.3 is 14.2 Å². The zero-order chi connectivity index (χ0) is 78.7. The topological polar surface area (TPSA) is 114 Å². The first-order chi connectivity index (χ1) is 55.8. The van der Waals surface area contributed by atoms with E-state index in [1.165, 1.54) is 106 Å². The Hall–Kier alpha value is -11.1. The smallest absolute Gasteiger partial charge is 0.399 e. The second-order valence-corrected chi connectivity index (χ2v) is 34.1. The van der Waals surface area contributed by atoms with Gasteiger partial charge in [-0.2, -0.15) is 0 Å². The van der Waals surface area contributed by atoms with Crippen molar-refractivity contribution >= 4 is 102 Å². The number of halogens is 1. The molecular formula is C102H93B2ClN6O4. The molecule has 13 aromatic carbocycles. The van der Waals surface area contributed by atoms with Crippen LogP contribution in [0.1, 0.15) is 142 Å². The quantitative estimate of drug-likeness (QED) is 0.0916. The van der Waals surface area contributed by atoms with Crippen LogP contribution in [-0.4, -0.2) is 66.5 Å². The molecule has 10 nitrogen and oxygen atoms in total. The van der Waals surface area contributed by atoms with Gasteiger partial charge in [-0.25, -0.2) is 29.9 Å². The van der Waals surface area contributed by atoms with Crippen molar-refractivity contribution in [3.63, 3.8) is 0 Å². The Labute approximate surface area is 680 Å². The van der Waals surface area contributed by atoms with Gasteiger partial charge in [-0.15, -0.1) is 0 Å². The molecule has 0 radical (unpaired) electrons. The second-order valence-electron chi connectivity index (χ2n) is 33.7. The van der Waals surface area contributed by atoms with Crippen molar-refractivity contribution in [2.75, 3.05) is 0 Å². The number of benzene rings is 13. The van der Waals surface area contributed by atoms with Gasteiger partial charge in [0.25, 0.3) is 0 Å².